The first-order chi connectivity index (χ1) is 15.6. The molecule has 1 atom stereocenters. The number of piperidine rings is 1. The van der Waals surface area contributed by atoms with Crippen molar-refractivity contribution in [2.75, 3.05) is 29.0 Å². The van der Waals surface area contributed by atoms with Crippen LogP contribution in [0.25, 0.3) is 0 Å². The number of urea groups is 1. The number of benzene rings is 2. The monoisotopic (exact) mass is 456 g/mol. The van der Waals surface area contributed by atoms with Crippen LogP contribution in [0.2, 0.25) is 0 Å². The number of amides is 4. The molecule has 4 amide bonds. The minimum Gasteiger partial charge on any atom is -0.444 e. The molecule has 1 heterocycles. The Labute approximate surface area is 192 Å². The molecule has 1 saturated heterocycles. The van der Waals surface area contributed by atoms with E-state index in [2.05, 4.69) is 16.0 Å². The van der Waals surface area contributed by atoms with Crippen molar-refractivity contribution in [1.29, 1.82) is 0 Å². The van der Waals surface area contributed by atoms with Gasteiger partial charge in [-0.3, -0.25) is 10.1 Å². The van der Waals surface area contributed by atoms with Gasteiger partial charge in [-0.2, -0.15) is 0 Å². The summed E-state index contributed by atoms with van der Waals surface area (Å²) < 4.78 is 19.3. The molecule has 0 saturated carbocycles. The summed E-state index contributed by atoms with van der Waals surface area (Å²) in [6.07, 6.45) is 0.526. The zero-order chi connectivity index (χ0) is 24.0. The highest BCUT2D eigenvalue weighted by Crippen LogP contribution is 2.24. The Bertz CT molecular complexity index is 1010. The maximum Gasteiger partial charge on any atom is 0.412 e. The SMILES string of the molecule is CC(C)(C)OC(=O)Nc1cc(NC(=O)C2CCCN(C(=O)Nc3ccccc3)C2)ccc1F. The summed E-state index contributed by atoms with van der Waals surface area (Å²) in [5, 5.41) is 7.94. The summed E-state index contributed by atoms with van der Waals surface area (Å²) in [4.78, 5) is 39.0. The van der Waals surface area contributed by atoms with E-state index in [4.69, 9.17) is 4.74 Å². The van der Waals surface area contributed by atoms with Gasteiger partial charge in [0.05, 0.1) is 11.6 Å². The highest BCUT2D eigenvalue weighted by molar-refractivity contribution is 5.95. The topological polar surface area (TPSA) is 99.8 Å². The van der Waals surface area contributed by atoms with Crippen LogP contribution >= 0.6 is 0 Å². The molecule has 3 N–H and O–H groups in total. The molecule has 9 heteroatoms. The van der Waals surface area contributed by atoms with Gasteiger partial charge in [-0.25, -0.2) is 14.0 Å². The lowest BCUT2D eigenvalue weighted by molar-refractivity contribution is -0.121. The van der Waals surface area contributed by atoms with E-state index in [1.807, 2.05) is 18.2 Å². The zero-order valence-corrected chi connectivity index (χ0v) is 19.0. The first-order valence-corrected chi connectivity index (χ1v) is 10.8. The van der Waals surface area contributed by atoms with Crippen LogP contribution in [-0.2, 0) is 9.53 Å². The van der Waals surface area contributed by atoms with Crippen LogP contribution in [0.4, 0.5) is 31.0 Å². The van der Waals surface area contributed by atoms with Gasteiger partial charge in [-0.1, -0.05) is 18.2 Å². The molecule has 1 fully saturated rings. The predicted molar refractivity (Wildman–Crippen MR) is 125 cm³/mol. The molecule has 0 aliphatic carbocycles. The number of para-hydroxylation sites is 1. The van der Waals surface area contributed by atoms with Crippen LogP contribution in [-0.4, -0.2) is 41.6 Å². The second-order valence-corrected chi connectivity index (χ2v) is 8.89. The molecule has 0 radical (unpaired) electrons. The average Bonchev–Trinajstić information content (AvgIpc) is 2.75. The van der Waals surface area contributed by atoms with Crippen molar-refractivity contribution in [3.63, 3.8) is 0 Å². The Balaban J connectivity index is 1.60. The Morgan fingerprint density at radius 3 is 2.42 bits per heavy atom. The van der Waals surface area contributed by atoms with Crippen molar-refractivity contribution in [2.45, 2.75) is 39.2 Å². The first kappa shape index (κ1) is 24.0. The van der Waals surface area contributed by atoms with E-state index in [-0.39, 0.29) is 24.2 Å². The van der Waals surface area contributed by atoms with E-state index in [1.165, 1.54) is 12.1 Å². The third kappa shape index (κ3) is 7.20. The average molecular weight is 457 g/mol. The first-order valence-electron chi connectivity index (χ1n) is 10.8. The van der Waals surface area contributed by atoms with Gasteiger partial charge in [-0.05, 0) is 63.9 Å². The summed E-state index contributed by atoms with van der Waals surface area (Å²) in [6.45, 7) is 5.94. The van der Waals surface area contributed by atoms with Crippen LogP contribution < -0.4 is 16.0 Å². The summed E-state index contributed by atoms with van der Waals surface area (Å²) >= 11 is 0. The number of halogens is 1. The fourth-order valence-electron chi connectivity index (χ4n) is 3.46. The van der Waals surface area contributed by atoms with Gasteiger partial charge in [0.15, 0.2) is 0 Å². The molecule has 1 unspecified atom stereocenters. The largest absolute Gasteiger partial charge is 0.444 e. The van der Waals surface area contributed by atoms with Gasteiger partial charge >= 0.3 is 12.1 Å². The van der Waals surface area contributed by atoms with Gasteiger partial charge in [0.2, 0.25) is 5.91 Å². The van der Waals surface area contributed by atoms with Crippen LogP contribution in [0, 0.1) is 11.7 Å². The van der Waals surface area contributed by atoms with Crippen LogP contribution in [0.15, 0.2) is 48.5 Å². The summed E-state index contributed by atoms with van der Waals surface area (Å²) in [5.74, 6) is -1.34. The van der Waals surface area contributed by atoms with Crippen LogP contribution in [0.3, 0.4) is 0 Å². The number of carbonyl (C=O) groups is 3. The number of anilines is 3. The number of rotatable bonds is 4. The molecule has 2 aromatic rings. The minimum atomic E-state index is -0.794. The van der Waals surface area contributed by atoms with Gasteiger partial charge < -0.3 is 20.3 Å². The third-order valence-corrected chi connectivity index (χ3v) is 4.97. The summed E-state index contributed by atoms with van der Waals surface area (Å²) in [6, 6.07) is 12.8. The molecular formula is C24H29FN4O4. The lowest BCUT2D eigenvalue weighted by Crippen LogP contribution is -2.45. The van der Waals surface area contributed by atoms with Crippen LogP contribution in [0.1, 0.15) is 33.6 Å². The van der Waals surface area contributed by atoms with E-state index in [0.29, 0.717) is 30.8 Å². The van der Waals surface area contributed by atoms with Gasteiger partial charge in [0.1, 0.15) is 11.4 Å². The summed E-state index contributed by atoms with van der Waals surface area (Å²) in [5.41, 5.74) is 0.185. The molecule has 8 nitrogen and oxygen atoms in total. The number of likely N-dealkylation sites (tertiary alicyclic amines) is 1. The predicted octanol–water partition coefficient (Wildman–Crippen LogP) is 5.06. The molecule has 0 aromatic heterocycles. The molecule has 33 heavy (non-hydrogen) atoms. The Morgan fingerprint density at radius 2 is 1.73 bits per heavy atom. The van der Waals surface area contributed by atoms with E-state index in [9.17, 15) is 18.8 Å². The lowest BCUT2D eigenvalue weighted by Gasteiger charge is -2.32. The van der Waals surface area contributed by atoms with Crippen molar-refractivity contribution in [3.8, 4) is 0 Å². The smallest absolute Gasteiger partial charge is 0.412 e. The minimum absolute atomic E-state index is 0.102. The fourth-order valence-corrected chi connectivity index (χ4v) is 3.46. The number of carbonyl (C=O) groups excluding carboxylic acids is 3. The Hall–Kier alpha value is -3.62. The van der Waals surface area contributed by atoms with Gasteiger partial charge in [0, 0.05) is 24.5 Å². The maximum absolute atomic E-state index is 14.1. The molecule has 1 aliphatic rings. The number of nitrogens with zero attached hydrogens (tertiary/aromatic N) is 1. The number of hydrogen-bond donors (Lipinski definition) is 3. The fraction of sp³-hybridized carbons (Fsp3) is 0.375. The van der Waals surface area contributed by atoms with Gasteiger partial charge in [-0.15, -0.1) is 0 Å². The molecular weight excluding hydrogens is 427 g/mol. The highest BCUT2D eigenvalue weighted by atomic mass is 19.1. The Kier molecular flexibility index (Phi) is 7.52. The number of ether oxygens (including phenoxy) is 1. The van der Waals surface area contributed by atoms with Crippen molar-refractivity contribution < 1.29 is 23.5 Å². The van der Waals surface area contributed by atoms with Crippen molar-refractivity contribution >= 4 is 35.1 Å². The van der Waals surface area contributed by atoms with E-state index in [1.54, 1.807) is 37.8 Å². The molecule has 2 aromatic carbocycles. The summed E-state index contributed by atoms with van der Waals surface area (Å²) in [7, 11) is 0. The van der Waals surface area contributed by atoms with E-state index in [0.717, 1.165) is 6.07 Å². The second kappa shape index (κ2) is 10.3. The van der Waals surface area contributed by atoms with E-state index < -0.39 is 23.4 Å². The molecule has 176 valence electrons. The Morgan fingerprint density at radius 1 is 1.00 bits per heavy atom. The quantitative estimate of drug-likeness (QED) is 0.599. The van der Waals surface area contributed by atoms with E-state index >= 15 is 0 Å². The maximum atomic E-state index is 14.1. The van der Waals surface area contributed by atoms with Crippen molar-refractivity contribution in [1.82, 2.24) is 4.90 Å². The van der Waals surface area contributed by atoms with Crippen molar-refractivity contribution in [3.05, 3.63) is 54.3 Å². The molecule has 0 spiro atoms. The number of hydrogen-bond acceptors (Lipinski definition) is 4. The lowest BCUT2D eigenvalue weighted by atomic mass is 9.97. The molecule has 1 aliphatic heterocycles. The normalized spacial score (nSPS) is 16.0. The van der Waals surface area contributed by atoms with Crippen LogP contribution in [0.5, 0.6) is 0 Å². The standard InChI is InChI=1S/C24H29FN4O4/c1-24(2,3)33-23(32)28-20-14-18(11-12-19(20)25)26-21(30)16-8-7-13-29(15-16)22(31)27-17-9-5-4-6-10-17/h4-6,9-12,14,16H,7-8,13,15H2,1-3H3,(H,26,30)(H,27,31)(H,28,32). The number of nitrogens with one attached hydrogen (secondary N) is 3. The zero-order valence-electron chi connectivity index (χ0n) is 19.0. The molecule has 3 rings (SSSR count). The van der Waals surface area contributed by atoms with Crippen molar-refractivity contribution in [2.24, 2.45) is 5.92 Å². The third-order valence-electron chi connectivity index (χ3n) is 4.97. The second-order valence-electron chi connectivity index (χ2n) is 8.89. The van der Waals surface area contributed by atoms with Gasteiger partial charge in [0.25, 0.3) is 0 Å². The molecule has 0 bridgehead atoms. The highest BCUT2D eigenvalue weighted by Gasteiger charge is 2.29.